The largest absolute Gasteiger partial charge is 0.493 e. The van der Waals surface area contributed by atoms with Gasteiger partial charge in [-0.05, 0) is 26.0 Å². The maximum atomic E-state index is 12.6. The molecule has 26 heavy (non-hydrogen) atoms. The second-order valence-electron chi connectivity index (χ2n) is 5.58. The van der Waals surface area contributed by atoms with E-state index < -0.39 is 12.0 Å². The van der Waals surface area contributed by atoms with Crippen LogP contribution in [0.3, 0.4) is 0 Å². The molecule has 1 aromatic carbocycles. The molecule has 1 heterocycles. The minimum Gasteiger partial charge on any atom is -0.493 e. The Labute approximate surface area is 152 Å². The fraction of sp³-hybridized carbons (Fsp3) is 0.444. The van der Waals surface area contributed by atoms with Crippen LogP contribution in [0.1, 0.15) is 25.5 Å². The van der Waals surface area contributed by atoms with Gasteiger partial charge in [-0.2, -0.15) is 0 Å². The van der Waals surface area contributed by atoms with E-state index in [0.29, 0.717) is 34.1 Å². The molecule has 1 aliphatic rings. The SMILES string of the molecule is CCOC(=O)C1=C(C)N(C)C(=O)N[C@H]1c1ccc(OC)c(OC)c1OC. The van der Waals surface area contributed by atoms with Gasteiger partial charge in [-0.1, -0.05) is 0 Å². The Bertz CT molecular complexity index is 743. The molecule has 0 spiro atoms. The highest BCUT2D eigenvalue weighted by atomic mass is 16.5. The van der Waals surface area contributed by atoms with Crippen molar-refractivity contribution in [3.63, 3.8) is 0 Å². The molecule has 1 N–H and O–H groups in total. The number of carbonyl (C=O) groups is 2. The van der Waals surface area contributed by atoms with Gasteiger partial charge in [0, 0.05) is 18.3 Å². The van der Waals surface area contributed by atoms with Crippen molar-refractivity contribution in [3.8, 4) is 17.2 Å². The third-order valence-corrected chi connectivity index (χ3v) is 4.30. The first kappa shape index (κ1) is 19.4. The van der Waals surface area contributed by atoms with Gasteiger partial charge in [0.1, 0.15) is 0 Å². The summed E-state index contributed by atoms with van der Waals surface area (Å²) in [6.07, 6.45) is 0. The normalized spacial score (nSPS) is 16.9. The fourth-order valence-corrected chi connectivity index (χ4v) is 2.89. The standard InChI is InChI=1S/C18H24N2O6/c1-7-26-17(21)13-10(2)20(3)18(22)19-14(13)11-8-9-12(23-4)16(25-6)15(11)24-5/h8-9,14H,7H2,1-6H3,(H,19,22)/t14-/m0/s1. The smallest absolute Gasteiger partial charge is 0.338 e. The Morgan fingerprint density at radius 1 is 1.15 bits per heavy atom. The van der Waals surface area contributed by atoms with E-state index in [1.165, 1.54) is 26.2 Å². The van der Waals surface area contributed by atoms with Crippen molar-refractivity contribution in [1.82, 2.24) is 10.2 Å². The molecule has 142 valence electrons. The number of amides is 2. The molecule has 2 amide bonds. The molecule has 0 radical (unpaired) electrons. The molecule has 8 heteroatoms. The van der Waals surface area contributed by atoms with Gasteiger partial charge in [0.2, 0.25) is 5.75 Å². The van der Waals surface area contributed by atoms with E-state index in [4.69, 9.17) is 18.9 Å². The average molecular weight is 364 g/mol. The fourth-order valence-electron chi connectivity index (χ4n) is 2.89. The predicted molar refractivity (Wildman–Crippen MR) is 94.5 cm³/mol. The Morgan fingerprint density at radius 3 is 2.35 bits per heavy atom. The monoisotopic (exact) mass is 364 g/mol. The average Bonchev–Trinajstić information content (AvgIpc) is 2.64. The highest BCUT2D eigenvalue weighted by Gasteiger charge is 2.37. The molecule has 0 fully saturated rings. The van der Waals surface area contributed by atoms with Crippen LogP contribution in [0.25, 0.3) is 0 Å². The molecule has 0 aromatic heterocycles. The summed E-state index contributed by atoms with van der Waals surface area (Å²) in [5.41, 5.74) is 1.41. The number of esters is 1. The van der Waals surface area contributed by atoms with Crippen LogP contribution in [0.4, 0.5) is 4.79 Å². The zero-order valence-corrected chi connectivity index (χ0v) is 15.8. The van der Waals surface area contributed by atoms with Gasteiger partial charge < -0.3 is 29.2 Å². The van der Waals surface area contributed by atoms with Gasteiger partial charge >= 0.3 is 12.0 Å². The minimum absolute atomic E-state index is 0.225. The number of methoxy groups -OCH3 is 3. The number of benzene rings is 1. The highest BCUT2D eigenvalue weighted by Crippen LogP contribution is 2.44. The molecule has 0 saturated carbocycles. The van der Waals surface area contributed by atoms with Gasteiger partial charge in [0.05, 0.1) is 39.6 Å². The topological polar surface area (TPSA) is 86.3 Å². The number of carbonyl (C=O) groups excluding carboxylic acids is 2. The number of rotatable bonds is 6. The summed E-state index contributed by atoms with van der Waals surface area (Å²) in [6, 6.07) is 2.34. The lowest BCUT2D eigenvalue weighted by Crippen LogP contribution is -2.46. The number of hydrogen-bond acceptors (Lipinski definition) is 6. The number of hydrogen-bond donors (Lipinski definition) is 1. The molecule has 1 aromatic rings. The summed E-state index contributed by atoms with van der Waals surface area (Å²) in [5.74, 6) is 0.724. The van der Waals surface area contributed by atoms with Gasteiger partial charge in [0.15, 0.2) is 11.5 Å². The molecule has 0 aliphatic carbocycles. The van der Waals surface area contributed by atoms with Crippen LogP contribution < -0.4 is 19.5 Å². The highest BCUT2D eigenvalue weighted by molar-refractivity contribution is 5.95. The van der Waals surface area contributed by atoms with E-state index in [1.54, 1.807) is 33.0 Å². The van der Waals surface area contributed by atoms with Crippen molar-refractivity contribution in [3.05, 3.63) is 29.0 Å². The predicted octanol–water partition coefficient (Wildman–Crippen LogP) is 2.25. The number of ether oxygens (including phenoxy) is 4. The van der Waals surface area contributed by atoms with Crippen molar-refractivity contribution >= 4 is 12.0 Å². The Morgan fingerprint density at radius 2 is 1.81 bits per heavy atom. The molecule has 1 aliphatic heterocycles. The maximum Gasteiger partial charge on any atom is 0.338 e. The van der Waals surface area contributed by atoms with E-state index in [0.717, 1.165) is 0 Å². The third-order valence-electron chi connectivity index (χ3n) is 4.30. The Hall–Kier alpha value is -2.90. The summed E-state index contributed by atoms with van der Waals surface area (Å²) in [4.78, 5) is 26.3. The first-order chi connectivity index (χ1) is 12.4. The van der Waals surface area contributed by atoms with Crippen molar-refractivity contribution < 1.29 is 28.5 Å². The van der Waals surface area contributed by atoms with E-state index in [1.807, 2.05) is 0 Å². The Kier molecular flexibility index (Phi) is 5.97. The minimum atomic E-state index is -0.743. The second kappa shape index (κ2) is 7.99. The summed E-state index contributed by atoms with van der Waals surface area (Å²) < 4.78 is 21.4. The molecule has 1 atom stereocenters. The van der Waals surface area contributed by atoms with E-state index in [2.05, 4.69) is 5.32 Å². The number of nitrogens with zero attached hydrogens (tertiary/aromatic N) is 1. The summed E-state index contributed by atoms with van der Waals surface area (Å²) >= 11 is 0. The number of urea groups is 1. The summed E-state index contributed by atoms with van der Waals surface area (Å²) in [6.45, 7) is 3.65. The van der Waals surface area contributed by atoms with E-state index in [-0.39, 0.29) is 12.6 Å². The van der Waals surface area contributed by atoms with Crippen molar-refractivity contribution in [2.24, 2.45) is 0 Å². The third kappa shape index (κ3) is 3.26. The van der Waals surface area contributed by atoms with Crippen LogP contribution in [0, 0.1) is 0 Å². The van der Waals surface area contributed by atoms with Crippen LogP contribution in [0.5, 0.6) is 17.2 Å². The lowest BCUT2D eigenvalue weighted by molar-refractivity contribution is -0.139. The first-order valence-electron chi connectivity index (χ1n) is 8.12. The lowest BCUT2D eigenvalue weighted by atomic mass is 9.93. The van der Waals surface area contributed by atoms with Crippen molar-refractivity contribution in [2.75, 3.05) is 35.0 Å². The van der Waals surface area contributed by atoms with Gasteiger partial charge in [0.25, 0.3) is 0 Å². The van der Waals surface area contributed by atoms with Crippen LogP contribution >= 0.6 is 0 Å². The van der Waals surface area contributed by atoms with Crippen molar-refractivity contribution in [2.45, 2.75) is 19.9 Å². The lowest BCUT2D eigenvalue weighted by Gasteiger charge is -2.34. The molecular weight excluding hydrogens is 340 g/mol. The van der Waals surface area contributed by atoms with Crippen LogP contribution in [0.15, 0.2) is 23.4 Å². The molecule has 2 rings (SSSR count). The van der Waals surface area contributed by atoms with Gasteiger partial charge in [-0.3, -0.25) is 0 Å². The quantitative estimate of drug-likeness (QED) is 0.779. The summed E-state index contributed by atoms with van der Waals surface area (Å²) in [7, 11) is 6.08. The van der Waals surface area contributed by atoms with Crippen molar-refractivity contribution in [1.29, 1.82) is 0 Å². The van der Waals surface area contributed by atoms with E-state index >= 15 is 0 Å². The van der Waals surface area contributed by atoms with Crippen LogP contribution in [-0.4, -0.2) is 51.9 Å². The number of allylic oxidation sites excluding steroid dienone is 1. The summed E-state index contributed by atoms with van der Waals surface area (Å²) in [5, 5.41) is 2.82. The molecular formula is C18H24N2O6. The molecule has 0 bridgehead atoms. The van der Waals surface area contributed by atoms with Crippen LogP contribution in [0.2, 0.25) is 0 Å². The zero-order chi connectivity index (χ0) is 19.4. The Balaban J connectivity index is 2.68. The molecule has 0 saturated heterocycles. The maximum absolute atomic E-state index is 12.6. The first-order valence-corrected chi connectivity index (χ1v) is 8.12. The van der Waals surface area contributed by atoms with Gasteiger partial charge in [-0.15, -0.1) is 0 Å². The van der Waals surface area contributed by atoms with Gasteiger partial charge in [-0.25, -0.2) is 9.59 Å². The van der Waals surface area contributed by atoms with Crippen LogP contribution in [-0.2, 0) is 9.53 Å². The molecule has 8 nitrogen and oxygen atoms in total. The number of nitrogens with one attached hydrogen (secondary N) is 1. The zero-order valence-electron chi connectivity index (χ0n) is 15.8. The van der Waals surface area contributed by atoms with E-state index in [9.17, 15) is 9.59 Å². The molecule has 0 unspecified atom stereocenters. The second-order valence-corrected chi connectivity index (χ2v) is 5.58.